The Kier molecular flexibility index (Phi) is 6.20. The van der Waals surface area contributed by atoms with Gasteiger partial charge in [0, 0.05) is 0 Å². The molecule has 37 heavy (non-hydrogen) atoms. The first-order valence-corrected chi connectivity index (χ1v) is 12.8. The number of rotatable bonds is 2. The van der Waals surface area contributed by atoms with E-state index in [-0.39, 0.29) is 5.75 Å². The number of aromatic hydroxyl groups is 1. The number of benzene rings is 4. The lowest BCUT2D eigenvalue weighted by atomic mass is 9.79. The molecule has 0 saturated carbocycles. The Balaban J connectivity index is 0.000000176. The van der Waals surface area contributed by atoms with Crippen LogP contribution in [-0.2, 0) is 12.8 Å². The van der Waals surface area contributed by atoms with Gasteiger partial charge in [-0.25, -0.2) is 4.79 Å². The standard InChI is InChI=1S/C25H22.C9H6O3/c1-2-6-18(7-3-1)16-19-10-11-21-13-14-23-22-9-5-4-8-20(22)12-15-24(23)25(21)17-19;10-7-5-9(11)12-8-4-2-1-3-6(7)8/h1-3,5-7,9-11,13-14,17H,4,8,12,15-16H2;1-5,10H. The van der Waals surface area contributed by atoms with Crippen LogP contribution in [0.5, 0.6) is 5.75 Å². The van der Waals surface area contributed by atoms with Crippen molar-refractivity contribution in [2.24, 2.45) is 0 Å². The fourth-order valence-corrected chi connectivity index (χ4v) is 5.51. The molecule has 0 unspecified atom stereocenters. The molecule has 5 aromatic rings. The molecule has 0 fully saturated rings. The van der Waals surface area contributed by atoms with E-state index < -0.39 is 5.63 Å². The average Bonchev–Trinajstić information content (AvgIpc) is 2.93. The molecule has 0 amide bonds. The Morgan fingerprint density at radius 1 is 0.757 bits per heavy atom. The maximum Gasteiger partial charge on any atom is 0.339 e. The minimum absolute atomic E-state index is 0.0400. The van der Waals surface area contributed by atoms with Crippen molar-refractivity contribution in [2.45, 2.75) is 32.1 Å². The number of hydrogen-bond donors (Lipinski definition) is 1. The number of allylic oxidation sites excluding steroid dienone is 4. The maximum atomic E-state index is 10.8. The van der Waals surface area contributed by atoms with E-state index in [9.17, 15) is 9.90 Å². The van der Waals surface area contributed by atoms with Crippen molar-refractivity contribution < 1.29 is 9.52 Å². The molecule has 3 nitrogen and oxygen atoms in total. The Morgan fingerprint density at radius 3 is 2.46 bits per heavy atom. The molecular weight excluding hydrogens is 456 g/mol. The fraction of sp³-hybridized carbons (Fsp3) is 0.147. The van der Waals surface area contributed by atoms with Gasteiger partial charge in [0.25, 0.3) is 0 Å². The highest BCUT2D eigenvalue weighted by Gasteiger charge is 2.20. The third-order valence-corrected chi connectivity index (χ3v) is 7.32. The number of hydrogen-bond acceptors (Lipinski definition) is 3. The van der Waals surface area contributed by atoms with Crippen molar-refractivity contribution in [1.82, 2.24) is 0 Å². The Bertz CT molecular complexity index is 1720. The van der Waals surface area contributed by atoms with Crippen LogP contribution in [0.2, 0.25) is 0 Å². The van der Waals surface area contributed by atoms with Crippen LogP contribution < -0.4 is 5.63 Å². The van der Waals surface area contributed by atoms with Gasteiger partial charge in [0.15, 0.2) is 0 Å². The lowest BCUT2D eigenvalue weighted by Gasteiger charge is -2.25. The van der Waals surface area contributed by atoms with E-state index in [1.165, 1.54) is 58.7 Å². The Hall–Kier alpha value is -4.37. The van der Waals surface area contributed by atoms with Crippen molar-refractivity contribution >= 4 is 27.3 Å². The maximum absolute atomic E-state index is 10.8. The topological polar surface area (TPSA) is 50.4 Å². The van der Waals surface area contributed by atoms with Gasteiger partial charge in [-0.3, -0.25) is 0 Å². The minimum atomic E-state index is -0.536. The molecule has 7 rings (SSSR count). The first-order chi connectivity index (χ1) is 18.2. The first kappa shape index (κ1) is 23.1. The van der Waals surface area contributed by atoms with E-state index >= 15 is 0 Å². The second-order valence-corrected chi connectivity index (χ2v) is 9.71. The molecule has 2 aliphatic rings. The van der Waals surface area contributed by atoms with Crippen LogP contribution in [0.3, 0.4) is 0 Å². The summed E-state index contributed by atoms with van der Waals surface area (Å²) in [6.07, 6.45) is 10.6. The number of para-hydroxylation sites is 1. The second-order valence-electron chi connectivity index (χ2n) is 9.71. The molecule has 3 heteroatoms. The van der Waals surface area contributed by atoms with E-state index in [4.69, 9.17) is 4.42 Å². The third kappa shape index (κ3) is 4.73. The predicted molar refractivity (Wildman–Crippen MR) is 151 cm³/mol. The van der Waals surface area contributed by atoms with Crippen LogP contribution in [-0.4, -0.2) is 5.11 Å². The normalized spacial score (nSPS) is 14.2. The first-order valence-electron chi connectivity index (χ1n) is 12.8. The van der Waals surface area contributed by atoms with Gasteiger partial charge < -0.3 is 9.52 Å². The summed E-state index contributed by atoms with van der Waals surface area (Å²) in [5, 5.41) is 12.7. The molecule has 0 saturated heterocycles. The van der Waals surface area contributed by atoms with Gasteiger partial charge in [-0.15, -0.1) is 0 Å². The zero-order valence-corrected chi connectivity index (χ0v) is 20.6. The van der Waals surface area contributed by atoms with E-state index in [1.54, 1.807) is 35.4 Å². The molecular formula is C34H28O3. The third-order valence-electron chi connectivity index (χ3n) is 7.32. The highest BCUT2D eigenvalue weighted by atomic mass is 16.4. The molecule has 4 aromatic carbocycles. The Morgan fingerprint density at radius 2 is 1.57 bits per heavy atom. The molecule has 0 atom stereocenters. The number of fused-ring (bicyclic) bond motifs is 5. The van der Waals surface area contributed by atoms with Crippen molar-refractivity contribution in [1.29, 1.82) is 0 Å². The van der Waals surface area contributed by atoms with E-state index in [2.05, 4.69) is 72.8 Å². The molecule has 182 valence electrons. The van der Waals surface area contributed by atoms with E-state index in [1.807, 2.05) is 0 Å². The fourth-order valence-electron chi connectivity index (χ4n) is 5.51. The molecule has 1 aromatic heterocycles. The summed E-state index contributed by atoms with van der Waals surface area (Å²) < 4.78 is 4.83. The number of aryl methyl sites for hydroxylation is 1. The van der Waals surface area contributed by atoms with Gasteiger partial charge in [0.2, 0.25) is 0 Å². The van der Waals surface area contributed by atoms with Gasteiger partial charge in [-0.2, -0.15) is 0 Å². The van der Waals surface area contributed by atoms with Crippen molar-refractivity contribution in [3.63, 3.8) is 0 Å². The Labute approximate surface area is 216 Å². The summed E-state index contributed by atoms with van der Waals surface area (Å²) in [5.41, 5.74) is 8.85. The van der Waals surface area contributed by atoms with Gasteiger partial charge in [0.1, 0.15) is 11.3 Å². The van der Waals surface area contributed by atoms with E-state index in [0.717, 1.165) is 12.5 Å². The van der Waals surface area contributed by atoms with Crippen LogP contribution in [0.15, 0.2) is 118 Å². The lowest BCUT2D eigenvalue weighted by Crippen LogP contribution is -2.07. The minimum Gasteiger partial charge on any atom is -0.507 e. The van der Waals surface area contributed by atoms with Crippen LogP contribution in [0.25, 0.3) is 27.3 Å². The van der Waals surface area contributed by atoms with Gasteiger partial charge >= 0.3 is 5.63 Å². The van der Waals surface area contributed by atoms with Gasteiger partial charge in [-0.1, -0.05) is 90.5 Å². The van der Waals surface area contributed by atoms with Crippen LogP contribution >= 0.6 is 0 Å². The quantitative estimate of drug-likeness (QED) is 0.258. The molecule has 2 aliphatic carbocycles. The highest BCUT2D eigenvalue weighted by molar-refractivity contribution is 5.94. The second kappa shape index (κ2) is 9.94. The molecule has 1 N–H and O–H groups in total. The smallest absolute Gasteiger partial charge is 0.339 e. The highest BCUT2D eigenvalue weighted by Crippen LogP contribution is 2.40. The molecule has 0 spiro atoms. The van der Waals surface area contributed by atoms with Crippen LogP contribution in [0, 0.1) is 0 Å². The van der Waals surface area contributed by atoms with Gasteiger partial charge in [0.05, 0.1) is 11.5 Å². The van der Waals surface area contributed by atoms with Crippen molar-refractivity contribution in [3.8, 4) is 5.75 Å². The summed E-state index contributed by atoms with van der Waals surface area (Å²) >= 11 is 0. The zero-order valence-electron chi connectivity index (χ0n) is 20.6. The van der Waals surface area contributed by atoms with Crippen molar-refractivity contribution in [3.05, 3.63) is 141 Å². The summed E-state index contributed by atoms with van der Waals surface area (Å²) in [5.74, 6) is -0.0400. The van der Waals surface area contributed by atoms with Crippen LogP contribution in [0.1, 0.15) is 41.5 Å². The van der Waals surface area contributed by atoms with E-state index in [0.29, 0.717) is 11.0 Å². The average molecular weight is 485 g/mol. The molecule has 0 bridgehead atoms. The SMILES string of the molecule is C1=CC2=C(CC1)CCc1c2ccc2ccc(Cc3ccccc3)cc12.O=c1cc(O)c2ccccc2o1. The molecule has 1 heterocycles. The van der Waals surface area contributed by atoms with Crippen molar-refractivity contribution in [2.75, 3.05) is 0 Å². The zero-order chi connectivity index (χ0) is 25.2. The van der Waals surface area contributed by atoms with Gasteiger partial charge in [-0.05, 0) is 82.8 Å². The molecule has 0 radical (unpaired) electrons. The van der Waals surface area contributed by atoms with Crippen LogP contribution in [0.4, 0.5) is 0 Å². The monoisotopic (exact) mass is 484 g/mol. The molecule has 0 aliphatic heterocycles. The largest absolute Gasteiger partial charge is 0.507 e. The summed E-state index contributed by atoms with van der Waals surface area (Å²) in [4.78, 5) is 10.8. The summed E-state index contributed by atoms with van der Waals surface area (Å²) in [6, 6.07) is 30.3. The lowest BCUT2D eigenvalue weighted by molar-refractivity contribution is 0.468. The summed E-state index contributed by atoms with van der Waals surface area (Å²) in [7, 11) is 0. The predicted octanol–water partition coefficient (Wildman–Crippen LogP) is 7.98. The summed E-state index contributed by atoms with van der Waals surface area (Å²) in [6.45, 7) is 0.